The Morgan fingerprint density at radius 3 is 1.76 bits per heavy atom. The fraction of sp³-hybridized carbons (Fsp3) is 0.379. The van der Waals surface area contributed by atoms with Crippen molar-refractivity contribution >= 4 is 35.7 Å². The first kappa shape index (κ1) is 31.0. The molecule has 2 aromatic rings. The largest absolute Gasteiger partial charge is 0.481 e. The lowest BCUT2D eigenvalue weighted by Gasteiger charge is -2.28. The van der Waals surface area contributed by atoms with Gasteiger partial charge in [-0.05, 0) is 24.0 Å². The van der Waals surface area contributed by atoms with Crippen molar-refractivity contribution in [3.05, 3.63) is 71.8 Å². The number of unbranched alkanes of at least 4 members (excludes halogenated alkanes) is 3. The minimum atomic E-state index is -1.27. The fourth-order valence-corrected chi connectivity index (χ4v) is 4.82. The van der Waals surface area contributed by atoms with Gasteiger partial charge in [-0.15, -0.1) is 0 Å². The van der Waals surface area contributed by atoms with E-state index in [1.807, 2.05) is 60.7 Å². The van der Waals surface area contributed by atoms with Crippen LogP contribution >= 0.6 is 0 Å². The molecule has 1 atom stereocenters. The van der Waals surface area contributed by atoms with Gasteiger partial charge in [0.1, 0.15) is 0 Å². The minimum absolute atomic E-state index is 0.148. The van der Waals surface area contributed by atoms with Crippen molar-refractivity contribution < 1.29 is 44.2 Å². The van der Waals surface area contributed by atoms with Crippen LogP contribution in [0.5, 0.6) is 0 Å². The Hall–Kier alpha value is -4.58. The number of imide groups is 2. The number of hydroxylamine groups is 2. The van der Waals surface area contributed by atoms with E-state index in [0.717, 1.165) is 0 Å². The summed E-state index contributed by atoms with van der Waals surface area (Å²) < 4.78 is 0. The molecule has 2 heterocycles. The van der Waals surface area contributed by atoms with E-state index in [1.165, 1.54) is 4.90 Å². The standard InChI is InChI=1S/C25H28N2O6.C4H5NO3/c28-21(29)17-18(22(30)31)11-5-1-2-10-16-27-23(32)25(26-24(27)33,19-12-6-3-7-13-19)20-14-8-4-9-15-20;6-3-1-2-4(7)5(3)8/h3-4,6-9,12-15,18H,1-2,5,10-11,16-17H2,(H,26,33)(H,28,29)(H,30,31);8H,1-2H2. The van der Waals surface area contributed by atoms with E-state index in [2.05, 4.69) is 5.32 Å². The topological polar surface area (TPSA) is 182 Å². The van der Waals surface area contributed by atoms with Crippen LogP contribution in [0.25, 0.3) is 0 Å². The Morgan fingerprint density at radius 2 is 1.32 bits per heavy atom. The lowest BCUT2D eigenvalue weighted by Crippen LogP contribution is -2.45. The fourth-order valence-electron chi connectivity index (χ4n) is 4.82. The van der Waals surface area contributed by atoms with Crippen LogP contribution in [0.15, 0.2) is 60.7 Å². The molecule has 0 saturated carbocycles. The quantitative estimate of drug-likeness (QED) is 0.130. The zero-order valence-electron chi connectivity index (χ0n) is 22.4. The molecule has 218 valence electrons. The summed E-state index contributed by atoms with van der Waals surface area (Å²) in [4.78, 5) is 70.0. The molecule has 0 bridgehead atoms. The first-order valence-corrected chi connectivity index (χ1v) is 13.3. The van der Waals surface area contributed by atoms with E-state index in [-0.39, 0.29) is 36.8 Å². The number of carbonyl (C=O) groups excluding carboxylic acids is 4. The van der Waals surface area contributed by atoms with Crippen molar-refractivity contribution in [1.82, 2.24) is 15.3 Å². The van der Waals surface area contributed by atoms with Gasteiger partial charge in [-0.1, -0.05) is 79.9 Å². The van der Waals surface area contributed by atoms with E-state index in [1.54, 1.807) is 0 Å². The number of nitrogens with zero attached hydrogens (tertiary/aromatic N) is 2. The maximum Gasteiger partial charge on any atom is 0.325 e. The highest BCUT2D eigenvalue weighted by Crippen LogP contribution is 2.36. The lowest BCUT2D eigenvalue weighted by molar-refractivity contribution is -0.171. The van der Waals surface area contributed by atoms with Crippen molar-refractivity contribution in [2.75, 3.05) is 6.54 Å². The van der Waals surface area contributed by atoms with Crippen LogP contribution in [0, 0.1) is 5.92 Å². The van der Waals surface area contributed by atoms with Crippen LogP contribution in [0.4, 0.5) is 4.79 Å². The van der Waals surface area contributed by atoms with Gasteiger partial charge in [0.05, 0.1) is 12.3 Å². The van der Waals surface area contributed by atoms with Gasteiger partial charge in [0.25, 0.3) is 17.7 Å². The molecule has 2 saturated heterocycles. The van der Waals surface area contributed by atoms with Crippen molar-refractivity contribution in [1.29, 1.82) is 0 Å². The third kappa shape index (κ3) is 7.54. The summed E-state index contributed by atoms with van der Waals surface area (Å²) in [6.07, 6.45) is 2.73. The molecular formula is C29H33N3O9. The van der Waals surface area contributed by atoms with E-state index < -0.39 is 47.7 Å². The number of benzene rings is 2. The monoisotopic (exact) mass is 567 g/mol. The predicted octanol–water partition coefficient (Wildman–Crippen LogP) is 3.13. The first-order chi connectivity index (χ1) is 19.6. The average molecular weight is 568 g/mol. The van der Waals surface area contributed by atoms with Crippen LogP contribution < -0.4 is 5.32 Å². The average Bonchev–Trinajstić information content (AvgIpc) is 3.40. The molecule has 4 rings (SSSR count). The second-order valence-corrected chi connectivity index (χ2v) is 9.80. The van der Waals surface area contributed by atoms with Gasteiger partial charge in [0, 0.05) is 19.4 Å². The number of carboxylic acid groups (broad SMARTS) is 2. The molecule has 2 aromatic carbocycles. The van der Waals surface area contributed by atoms with Crippen LogP contribution in [-0.4, -0.2) is 67.6 Å². The molecule has 41 heavy (non-hydrogen) atoms. The second-order valence-electron chi connectivity index (χ2n) is 9.80. The Labute approximate surface area is 236 Å². The Kier molecular flexibility index (Phi) is 10.7. The lowest BCUT2D eigenvalue weighted by atomic mass is 9.82. The van der Waals surface area contributed by atoms with Crippen LogP contribution in [0.3, 0.4) is 0 Å². The van der Waals surface area contributed by atoms with Crippen molar-refractivity contribution in [2.24, 2.45) is 5.92 Å². The molecule has 0 aliphatic carbocycles. The van der Waals surface area contributed by atoms with Crippen LogP contribution in [-0.2, 0) is 29.5 Å². The van der Waals surface area contributed by atoms with Gasteiger partial charge >= 0.3 is 18.0 Å². The number of hydrogen-bond acceptors (Lipinski definition) is 7. The summed E-state index contributed by atoms with van der Waals surface area (Å²) in [5.74, 6) is -4.45. The molecule has 2 aliphatic heterocycles. The van der Waals surface area contributed by atoms with E-state index in [9.17, 15) is 28.8 Å². The van der Waals surface area contributed by atoms with Crippen LogP contribution in [0.2, 0.25) is 0 Å². The first-order valence-electron chi connectivity index (χ1n) is 13.3. The Balaban J connectivity index is 0.000000496. The molecule has 12 nitrogen and oxygen atoms in total. The molecule has 5 amide bonds. The zero-order chi connectivity index (χ0) is 30.0. The molecular weight excluding hydrogens is 534 g/mol. The summed E-state index contributed by atoms with van der Waals surface area (Å²) in [6.45, 7) is 0.254. The maximum atomic E-state index is 13.5. The van der Waals surface area contributed by atoms with Gasteiger partial charge in [0.15, 0.2) is 5.54 Å². The van der Waals surface area contributed by atoms with Gasteiger partial charge in [-0.3, -0.25) is 34.1 Å². The van der Waals surface area contributed by atoms with Crippen molar-refractivity contribution in [3.63, 3.8) is 0 Å². The van der Waals surface area contributed by atoms with Crippen molar-refractivity contribution in [2.45, 2.75) is 56.9 Å². The smallest absolute Gasteiger partial charge is 0.325 e. The predicted molar refractivity (Wildman–Crippen MR) is 143 cm³/mol. The Morgan fingerprint density at radius 1 is 0.805 bits per heavy atom. The van der Waals surface area contributed by atoms with Gasteiger partial charge in [-0.25, -0.2) is 4.79 Å². The van der Waals surface area contributed by atoms with Gasteiger partial charge in [0.2, 0.25) is 0 Å². The van der Waals surface area contributed by atoms with Gasteiger partial charge < -0.3 is 15.5 Å². The van der Waals surface area contributed by atoms with Crippen molar-refractivity contribution in [3.8, 4) is 0 Å². The molecule has 12 heteroatoms. The van der Waals surface area contributed by atoms with Crippen LogP contribution in [0.1, 0.15) is 62.5 Å². The number of amides is 5. The number of carbonyl (C=O) groups is 6. The summed E-state index contributed by atoms with van der Waals surface area (Å²) in [5.41, 5.74) is 0.107. The van der Waals surface area contributed by atoms with E-state index in [4.69, 9.17) is 15.4 Å². The third-order valence-electron chi connectivity index (χ3n) is 7.00. The van der Waals surface area contributed by atoms with E-state index >= 15 is 0 Å². The Bertz CT molecular complexity index is 1210. The number of urea groups is 1. The summed E-state index contributed by atoms with van der Waals surface area (Å²) >= 11 is 0. The summed E-state index contributed by atoms with van der Waals surface area (Å²) in [6, 6.07) is 17.9. The molecule has 4 N–H and O–H groups in total. The molecule has 0 spiro atoms. The minimum Gasteiger partial charge on any atom is -0.481 e. The third-order valence-corrected chi connectivity index (χ3v) is 7.00. The summed E-state index contributed by atoms with van der Waals surface area (Å²) in [7, 11) is 0. The molecule has 0 aromatic heterocycles. The number of carboxylic acids is 2. The number of nitrogens with one attached hydrogen (secondary N) is 1. The maximum absolute atomic E-state index is 13.5. The zero-order valence-corrected chi connectivity index (χ0v) is 22.4. The highest BCUT2D eigenvalue weighted by molar-refractivity contribution is 6.09. The van der Waals surface area contributed by atoms with E-state index in [0.29, 0.717) is 36.8 Å². The second kappa shape index (κ2) is 14.2. The number of aliphatic carboxylic acids is 2. The molecule has 2 fully saturated rings. The van der Waals surface area contributed by atoms with Gasteiger partial charge in [-0.2, -0.15) is 5.06 Å². The molecule has 0 radical (unpaired) electrons. The number of rotatable bonds is 12. The highest BCUT2D eigenvalue weighted by Gasteiger charge is 2.53. The number of hydrogen-bond donors (Lipinski definition) is 4. The highest BCUT2D eigenvalue weighted by atomic mass is 16.5. The molecule has 2 aliphatic rings. The SMILES string of the molecule is O=C(O)CC(CCCCCCN1C(=O)NC(c2ccccc2)(c2ccccc2)C1=O)C(=O)O.O=C1CCC(=O)N1O. The normalized spacial score (nSPS) is 16.7. The molecule has 1 unspecified atom stereocenters. The summed E-state index contributed by atoms with van der Waals surface area (Å²) in [5, 5.41) is 29.4.